The Morgan fingerprint density at radius 2 is 1.27 bits per heavy atom. The largest absolute Gasteiger partial charge is 0.497 e. The summed E-state index contributed by atoms with van der Waals surface area (Å²) in [6, 6.07) is 19.4. The van der Waals surface area contributed by atoms with Crippen LogP contribution in [0, 0.1) is 41.5 Å². The maximum Gasteiger partial charge on any atom is 0.147 e. The number of fused-ring (bicyclic) bond motifs is 6. The van der Waals surface area contributed by atoms with Gasteiger partial charge in [-0.3, -0.25) is 4.40 Å². The summed E-state index contributed by atoms with van der Waals surface area (Å²) in [6.07, 6.45) is 1.87. The number of hydrogen-bond acceptors (Lipinski definition) is 3. The molecule has 0 radical (unpaired) electrons. The van der Waals surface area contributed by atoms with Crippen LogP contribution >= 0.6 is 0 Å². The molecule has 37 heavy (non-hydrogen) atoms. The smallest absolute Gasteiger partial charge is 0.147 e. The molecule has 0 saturated carbocycles. The lowest BCUT2D eigenvalue weighted by Crippen LogP contribution is -2.00. The van der Waals surface area contributed by atoms with Gasteiger partial charge in [-0.1, -0.05) is 35.4 Å². The molecule has 0 spiro atoms. The first-order chi connectivity index (χ1) is 17.8. The van der Waals surface area contributed by atoms with Crippen LogP contribution < -0.4 is 4.74 Å². The Morgan fingerprint density at radius 1 is 0.649 bits per heavy atom. The van der Waals surface area contributed by atoms with Gasteiger partial charge in [-0.25, -0.2) is 9.97 Å². The fourth-order valence-electron chi connectivity index (χ4n) is 6.17. The molecule has 0 aliphatic rings. The van der Waals surface area contributed by atoms with Crippen LogP contribution in [0.2, 0.25) is 0 Å². The highest BCUT2D eigenvalue weighted by molar-refractivity contribution is 6.13. The minimum absolute atomic E-state index is 0.814. The minimum atomic E-state index is 0.814. The van der Waals surface area contributed by atoms with Crippen molar-refractivity contribution in [3.05, 3.63) is 94.2 Å². The van der Waals surface area contributed by atoms with Gasteiger partial charge < -0.3 is 4.74 Å². The van der Waals surface area contributed by atoms with Crippen LogP contribution in [0.25, 0.3) is 50.0 Å². The predicted molar refractivity (Wildman–Crippen MR) is 154 cm³/mol. The van der Waals surface area contributed by atoms with Crippen molar-refractivity contribution in [3.8, 4) is 28.3 Å². The van der Waals surface area contributed by atoms with Crippen molar-refractivity contribution in [3.63, 3.8) is 0 Å². The number of ether oxygens (including phenoxy) is 1. The van der Waals surface area contributed by atoms with Gasteiger partial charge in [0.05, 0.1) is 18.5 Å². The minimum Gasteiger partial charge on any atom is -0.497 e. The van der Waals surface area contributed by atoms with Crippen LogP contribution in [0.4, 0.5) is 0 Å². The quantitative estimate of drug-likeness (QED) is 0.237. The zero-order valence-electron chi connectivity index (χ0n) is 22.5. The third kappa shape index (κ3) is 3.51. The molecule has 0 fully saturated rings. The van der Waals surface area contributed by atoms with Gasteiger partial charge in [-0.05, 0) is 99.5 Å². The van der Waals surface area contributed by atoms with Crippen LogP contribution in [-0.4, -0.2) is 21.5 Å². The average molecular weight is 486 g/mol. The highest BCUT2D eigenvalue weighted by Gasteiger charge is 2.25. The molecule has 0 saturated heterocycles. The van der Waals surface area contributed by atoms with Crippen molar-refractivity contribution >= 4 is 27.5 Å². The fraction of sp³-hybridized carbons (Fsp3) is 0.212. The summed E-state index contributed by atoms with van der Waals surface area (Å²) >= 11 is 0. The van der Waals surface area contributed by atoms with Gasteiger partial charge in [0.15, 0.2) is 0 Å². The first kappa shape index (κ1) is 23.2. The Hall–Kier alpha value is -4.18. The first-order valence-electron chi connectivity index (χ1n) is 12.7. The van der Waals surface area contributed by atoms with Gasteiger partial charge in [0, 0.05) is 28.1 Å². The van der Waals surface area contributed by atoms with Crippen molar-refractivity contribution in [2.75, 3.05) is 7.11 Å². The number of benzene rings is 3. The lowest BCUT2D eigenvalue weighted by molar-refractivity contribution is 0.415. The molecule has 3 heterocycles. The van der Waals surface area contributed by atoms with Crippen LogP contribution in [-0.2, 0) is 0 Å². The first-order valence-corrected chi connectivity index (χ1v) is 12.7. The van der Waals surface area contributed by atoms with E-state index in [0.717, 1.165) is 44.6 Å². The van der Waals surface area contributed by atoms with E-state index in [1.807, 2.05) is 18.3 Å². The van der Waals surface area contributed by atoms with Crippen LogP contribution in [0.15, 0.2) is 60.8 Å². The molecule has 3 aromatic carbocycles. The molecule has 0 aliphatic heterocycles. The van der Waals surface area contributed by atoms with E-state index in [1.54, 1.807) is 7.11 Å². The number of methoxy groups -OCH3 is 1. The van der Waals surface area contributed by atoms with E-state index in [2.05, 4.69) is 88.4 Å². The molecule has 0 aliphatic carbocycles. The van der Waals surface area contributed by atoms with Crippen molar-refractivity contribution < 1.29 is 4.74 Å². The molecular weight excluding hydrogens is 454 g/mol. The molecule has 4 heteroatoms. The molecule has 3 aromatic heterocycles. The number of aromatic nitrogens is 3. The number of hydrogen-bond donors (Lipinski definition) is 0. The van der Waals surface area contributed by atoms with E-state index in [1.165, 1.54) is 44.5 Å². The van der Waals surface area contributed by atoms with Gasteiger partial charge in [0.2, 0.25) is 0 Å². The van der Waals surface area contributed by atoms with Gasteiger partial charge in [-0.2, -0.15) is 0 Å². The Balaban J connectivity index is 1.92. The molecule has 0 amide bonds. The molecule has 0 N–H and O–H groups in total. The Labute approximate surface area is 217 Å². The SMILES string of the molecule is COc1ccc2c3cccnc3n3c(-c4c(C)cc(C)cc4C)c(-c4c(C)cc(C)cc4C)nc3c2c1. The van der Waals surface area contributed by atoms with Crippen molar-refractivity contribution in [2.45, 2.75) is 41.5 Å². The fourth-order valence-corrected chi connectivity index (χ4v) is 6.17. The zero-order chi connectivity index (χ0) is 26.0. The summed E-state index contributed by atoms with van der Waals surface area (Å²) in [4.78, 5) is 10.4. The molecule has 0 unspecified atom stereocenters. The van der Waals surface area contributed by atoms with Gasteiger partial charge in [0.25, 0.3) is 0 Å². The summed E-state index contributed by atoms with van der Waals surface area (Å²) in [7, 11) is 1.71. The number of pyridine rings is 2. The van der Waals surface area contributed by atoms with Crippen LogP contribution in [0.3, 0.4) is 0 Å². The van der Waals surface area contributed by atoms with E-state index < -0.39 is 0 Å². The number of imidazole rings is 1. The number of rotatable bonds is 3. The van der Waals surface area contributed by atoms with Crippen molar-refractivity contribution in [2.24, 2.45) is 0 Å². The van der Waals surface area contributed by atoms with Crippen LogP contribution in [0.5, 0.6) is 5.75 Å². The van der Waals surface area contributed by atoms with Gasteiger partial charge in [0.1, 0.15) is 17.0 Å². The molecule has 0 bridgehead atoms. The monoisotopic (exact) mass is 485 g/mol. The Kier molecular flexibility index (Phi) is 5.30. The lowest BCUT2D eigenvalue weighted by Gasteiger charge is -2.17. The predicted octanol–water partition coefficient (Wildman–Crippen LogP) is 8.23. The summed E-state index contributed by atoms with van der Waals surface area (Å²) in [6.45, 7) is 13.1. The third-order valence-corrected chi connectivity index (χ3v) is 7.46. The maximum atomic E-state index is 5.64. The summed E-state index contributed by atoms with van der Waals surface area (Å²) in [5.41, 5.74) is 13.7. The van der Waals surface area contributed by atoms with Crippen molar-refractivity contribution in [1.29, 1.82) is 0 Å². The second kappa shape index (κ2) is 8.45. The second-order valence-electron chi connectivity index (χ2n) is 10.3. The molecular formula is C33H31N3O. The summed E-state index contributed by atoms with van der Waals surface area (Å²) in [5.74, 6) is 0.814. The van der Waals surface area contributed by atoms with E-state index >= 15 is 0 Å². The third-order valence-electron chi connectivity index (χ3n) is 7.46. The molecule has 6 rings (SSSR count). The zero-order valence-corrected chi connectivity index (χ0v) is 22.5. The molecule has 4 nitrogen and oxygen atoms in total. The highest BCUT2D eigenvalue weighted by Crippen LogP contribution is 2.43. The Bertz CT molecular complexity index is 1830. The molecule has 6 aromatic rings. The molecule has 0 atom stereocenters. The van der Waals surface area contributed by atoms with E-state index in [4.69, 9.17) is 14.7 Å². The summed E-state index contributed by atoms with van der Waals surface area (Å²) < 4.78 is 7.91. The molecule has 184 valence electrons. The van der Waals surface area contributed by atoms with Gasteiger partial charge in [-0.15, -0.1) is 0 Å². The highest BCUT2D eigenvalue weighted by atomic mass is 16.5. The van der Waals surface area contributed by atoms with Crippen molar-refractivity contribution in [1.82, 2.24) is 14.4 Å². The number of nitrogens with zero attached hydrogens (tertiary/aromatic N) is 3. The van der Waals surface area contributed by atoms with E-state index in [-0.39, 0.29) is 0 Å². The standard InChI is InChI=1S/C33H31N3O/c1-18-13-20(3)28(21(4)14-18)30-31(29-22(5)15-19(2)16-23(29)6)36-32-26(9-8-12-34-32)25-11-10-24(37-7)17-27(25)33(36)35-30/h8-17H,1-7H3. The lowest BCUT2D eigenvalue weighted by atomic mass is 9.91. The van der Waals surface area contributed by atoms with E-state index in [0.29, 0.717) is 0 Å². The average Bonchev–Trinajstić information content (AvgIpc) is 3.22. The topological polar surface area (TPSA) is 39.4 Å². The number of aryl methyl sites for hydroxylation is 6. The second-order valence-corrected chi connectivity index (χ2v) is 10.3. The van der Waals surface area contributed by atoms with Gasteiger partial charge >= 0.3 is 0 Å². The Morgan fingerprint density at radius 3 is 1.89 bits per heavy atom. The summed E-state index contributed by atoms with van der Waals surface area (Å²) in [5, 5.41) is 3.27. The maximum absolute atomic E-state index is 5.64. The van der Waals surface area contributed by atoms with Crippen LogP contribution in [0.1, 0.15) is 33.4 Å². The normalized spacial score (nSPS) is 11.6. The van der Waals surface area contributed by atoms with E-state index in [9.17, 15) is 0 Å².